The van der Waals surface area contributed by atoms with Crippen molar-refractivity contribution in [2.45, 2.75) is 12.5 Å². The fourth-order valence-electron chi connectivity index (χ4n) is 6.78. The summed E-state index contributed by atoms with van der Waals surface area (Å²) in [4.78, 5) is 42.5. The van der Waals surface area contributed by atoms with Gasteiger partial charge in [0.1, 0.15) is 17.0 Å². The van der Waals surface area contributed by atoms with E-state index in [-0.39, 0.29) is 22.0 Å². The molecular weight excluding hydrogens is 563 g/mol. The number of likely N-dealkylation sites (tertiary alicyclic amines) is 1. The number of carboxylic acids is 1. The number of anilines is 2. The molecule has 0 bridgehead atoms. The van der Waals surface area contributed by atoms with Gasteiger partial charge >= 0.3 is 5.97 Å². The second kappa shape index (κ2) is 9.57. The zero-order valence-corrected chi connectivity index (χ0v) is 23.9. The summed E-state index contributed by atoms with van der Waals surface area (Å²) >= 11 is 6.67. The number of halogens is 2. The molecule has 2 atom stereocenters. The van der Waals surface area contributed by atoms with Crippen LogP contribution in [0.5, 0.6) is 0 Å². The van der Waals surface area contributed by atoms with Crippen molar-refractivity contribution in [2.24, 2.45) is 5.92 Å². The molecule has 13 heteroatoms. The minimum Gasteiger partial charge on any atom is -0.477 e. The Balaban J connectivity index is 1.57. The van der Waals surface area contributed by atoms with Crippen molar-refractivity contribution in [1.82, 2.24) is 24.5 Å². The molecule has 7 rings (SSSR count). The number of likely N-dealkylation sites (N-methyl/N-ethyl adjacent to an activating group) is 1. The van der Waals surface area contributed by atoms with E-state index in [9.17, 15) is 14.7 Å². The topological polar surface area (TPSA) is 131 Å². The largest absolute Gasteiger partial charge is 0.477 e. The van der Waals surface area contributed by atoms with E-state index >= 15 is 4.39 Å². The number of aromatic nitrogens is 4. The molecule has 4 N–H and O–H groups in total. The number of fused-ring (bicyclic) bond motifs is 5. The van der Waals surface area contributed by atoms with E-state index in [0.717, 1.165) is 31.7 Å². The van der Waals surface area contributed by atoms with E-state index in [1.807, 2.05) is 0 Å². The van der Waals surface area contributed by atoms with Gasteiger partial charge < -0.3 is 30.6 Å². The average Bonchev–Trinajstić information content (AvgIpc) is 3.66. The minimum absolute atomic E-state index is 0.00520. The predicted molar refractivity (Wildman–Crippen MR) is 162 cm³/mol. The Morgan fingerprint density at radius 3 is 2.74 bits per heavy atom. The Labute approximate surface area is 243 Å². The summed E-state index contributed by atoms with van der Waals surface area (Å²) in [5.41, 5.74) is 6.00. The monoisotopic (exact) mass is 590 g/mol. The van der Waals surface area contributed by atoms with Gasteiger partial charge in [0.15, 0.2) is 5.65 Å². The molecule has 11 nitrogen and oxygen atoms in total. The number of H-pyrrole nitrogens is 1. The number of nitrogens with zero attached hydrogens (tertiary/aromatic N) is 5. The molecule has 2 unspecified atom stereocenters. The van der Waals surface area contributed by atoms with Crippen LogP contribution < -0.4 is 21.1 Å². The van der Waals surface area contributed by atoms with E-state index < -0.39 is 17.2 Å². The molecule has 0 spiro atoms. The van der Waals surface area contributed by atoms with Crippen LogP contribution in [0.2, 0.25) is 5.02 Å². The molecule has 2 aliphatic heterocycles. The van der Waals surface area contributed by atoms with Gasteiger partial charge in [0, 0.05) is 80.9 Å². The van der Waals surface area contributed by atoms with Crippen LogP contribution in [0.1, 0.15) is 16.8 Å². The van der Waals surface area contributed by atoms with Gasteiger partial charge in [0.05, 0.1) is 32.7 Å². The van der Waals surface area contributed by atoms with E-state index in [2.05, 4.69) is 37.6 Å². The van der Waals surface area contributed by atoms with Gasteiger partial charge in [-0.25, -0.2) is 23.8 Å². The van der Waals surface area contributed by atoms with Crippen molar-refractivity contribution in [3.8, 4) is 11.1 Å². The lowest BCUT2D eigenvalue weighted by molar-refractivity contribution is 0.0695. The Morgan fingerprint density at radius 2 is 2.00 bits per heavy atom. The van der Waals surface area contributed by atoms with Gasteiger partial charge in [0.2, 0.25) is 5.43 Å². The fraction of sp³-hybridized carbons (Fsp3) is 0.310. The van der Waals surface area contributed by atoms with Crippen LogP contribution in [-0.4, -0.2) is 82.4 Å². The first kappa shape index (κ1) is 26.5. The standard InChI is InChI=1S/C29H28ClFN8O3/c1-32-19-7-18(31)23(30)21-22-25(38-5-4-13-10-37(3)12-20(13)38)16(9-34-27(22)36-24(19)21)14-6-15-26(40)17(29(41)42)11-39(33-2)28(15)35-8-14/h6-9,11,13,20,32-33H,4-5,10,12H2,1-3H3,(H,34,36)(H,41,42). The predicted octanol–water partition coefficient (Wildman–Crippen LogP) is 3.94. The summed E-state index contributed by atoms with van der Waals surface area (Å²) in [6, 6.07) is 3.23. The zero-order valence-electron chi connectivity index (χ0n) is 23.1. The Kier molecular flexibility index (Phi) is 6.03. The number of pyridine rings is 3. The third-order valence-corrected chi connectivity index (χ3v) is 9.05. The van der Waals surface area contributed by atoms with Crippen LogP contribution >= 0.6 is 11.6 Å². The molecule has 42 heavy (non-hydrogen) atoms. The summed E-state index contributed by atoms with van der Waals surface area (Å²) in [5, 5.41) is 14.1. The Bertz CT molecular complexity index is 2010. The first-order valence-electron chi connectivity index (χ1n) is 13.6. The van der Waals surface area contributed by atoms with Crippen molar-refractivity contribution in [3.05, 3.63) is 57.3 Å². The molecule has 0 radical (unpaired) electrons. The first-order chi connectivity index (χ1) is 20.2. The van der Waals surface area contributed by atoms with E-state index in [1.165, 1.54) is 16.9 Å². The lowest BCUT2D eigenvalue weighted by Gasteiger charge is -2.29. The highest BCUT2D eigenvalue weighted by molar-refractivity contribution is 6.39. The summed E-state index contributed by atoms with van der Waals surface area (Å²) in [5.74, 6) is -1.41. The molecule has 216 valence electrons. The van der Waals surface area contributed by atoms with Crippen LogP contribution in [0, 0.1) is 11.7 Å². The molecule has 1 aromatic carbocycles. The number of aromatic amines is 1. The maximum absolute atomic E-state index is 15.2. The van der Waals surface area contributed by atoms with Crippen molar-refractivity contribution in [1.29, 1.82) is 0 Å². The highest BCUT2D eigenvalue weighted by Crippen LogP contribution is 2.48. The second-order valence-electron chi connectivity index (χ2n) is 11.0. The van der Waals surface area contributed by atoms with Gasteiger partial charge in [-0.3, -0.25) is 4.79 Å². The summed E-state index contributed by atoms with van der Waals surface area (Å²) < 4.78 is 16.6. The number of hydrogen-bond donors (Lipinski definition) is 4. The normalized spacial score (nSPS) is 18.8. The molecule has 4 aromatic heterocycles. The van der Waals surface area contributed by atoms with E-state index in [1.54, 1.807) is 32.6 Å². The van der Waals surface area contributed by atoms with Crippen molar-refractivity contribution in [3.63, 3.8) is 0 Å². The van der Waals surface area contributed by atoms with Gasteiger partial charge in [0.25, 0.3) is 0 Å². The molecule has 5 aromatic rings. The third kappa shape index (κ3) is 3.75. The molecule has 0 amide bonds. The highest BCUT2D eigenvalue weighted by Gasteiger charge is 2.42. The van der Waals surface area contributed by atoms with Crippen molar-refractivity contribution < 1.29 is 14.3 Å². The van der Waals surface area contributed by atoms with Crippen molar-refractivity contribution >= 4 is 61.9 Å². The Hall–Kier alpha value is -4.42. The molecule has 0 saturated carbocycles. The van der Waals surface area contributed by atoms with Crippen LogP contribution in [0.25, 0.3) is 44.1 Å². The van der Waals surface area contributed by atoms with Gasteiger partial charge in [-0.05, 0) is 25.5 Å². The summed E-state index contributed by atoms with van der Waals surface area (Å²) in [6.45, 7) is 2.63. The second-order valence-corrected chi connectivity index (χ2v) is 11.4. The number of carbonyl (C=O) groups is 1. The fourth-order valence-corrected chi connectivity index (χ4v) is 7.02. The molecule has 2 saturated heterocycles. The number of benzene rings is 1. The number of aromatic carboxylic acids is 1. The van der Waals surface area contributed by atoms with Gasteiger partial charge in [-0.15, -0.1) is 0 Å². The molecule has 2 fully saturated rings. The average molecular weight is 591 g/mol. The van der Waals surface area contributed by atoms with Crippen LogP contribution in [0.15, 0.2) is 35.5 Å². The van der Waals surface area contributed by atoms with Crippen LogP contribution in [0.4, 0.5) is 15.8 Å². The molecule has 0 aliphatic carbocycles. The van der Waals surface area contributed by atoms with Gasteiger partial charge in [-0.1, -0.05) is 11.6 Å². The summed E-state index contributed by atoms with van der Waals surface area (Å²) in [7, 11) is 5.44. The lowest BCUT2D eigenvalue weighted by atomic mass is 9.99. The number of carboxylic acid groups (broad SMARTS) is 1. The summed E-state index contributed by atoms with van der Waals surface area (Å²) in [6.07, 6.45) is 5.59. The van der Waals surface area contributed by atoms with Crippen LogP contribution in [0.3, 0.4) is 0 Å². The number of nitrogens with one attached hydrogen (secondary N) is 3. The molecule has 6 heterocycles. The molecular formula is C29H28ClFN8O3. The van der Waals surface area contributed by atoms with Crippen molar-refractivity contribution in [2.75, 3.05) is 56.4 Å². The maximum Gasteiger partial charge on any atom is 0.341 e. The minimum atomic E-state index is -1.33. The quantitative estimate of drug-likeness (QED) is 0.240. The number of rotatable bonds is 5. The SMILES string of the molecule is CNc1cc(F)c(Cl)c2c1[nH]c1ncc(-c3cnc4c(c3)c(=O)c(C(=O)O)cn4NC)c(N3CCC4CN(C)CC43)c12. The first-order valence-corrected chi connectivity index (χ1v) is 14.0. The highest BCUT2D eigenvalue weighted by atomic mass is 35.5. The van der Waals surface area contributed by atoms with Gasteiger partial charge in [-0.2, -0.15) is 0 Å². The van der Waals surface area contributed by atoms with Crippen LogP contribution in [-0.2, 0) is 0 Å². The third-order valence-electron chi connectivity index (χ3n) is 8.68. The lowest BCUT2D eigenvalue weighted by Crippen LogP contribution is -2.35. The Morgan fingerprint density at radius 1 is 1.19 bits per heavy atom. The zero-order chi connectivity index (χ0) is 29.4. The smallest absolute Gasteiger partial charge is 0.341 e. The maximum atomic E-state index is 15.2. The number of hydrogen-bond acceptors (Lipinski definition) is 8. The molecule has 2 aliphatic rings. The van der Waals surface area contributed by atoms with E-state index in [0.29, 0.717) is 50.3 Å². The van der Waals surface area contributed by atoms with E-state index in [4.69, 9.17) is 16.6 Å².